The summed E-state index contributed by atoms with van der Waals surface area (Å²) in [6.45, 7) is -0.577. The Bertz CT molecular complexity index is 1270. The molecular formula is C22H27F4N4O7PS. The van der Waals surface area contributed by atoms with E-state index >= 15 is 4.39 Å². The van der Waals surface area contributed by atoms with Gasteiger partial charge in [0.1, 0.15) is 17.9 Å². The van der Waals surface area contributed by atoms with E-state index in [1.807, 2.05) is 0 Å². The van der Waals surface area contributed by atoms with E-state index in [-0.39, 0.29) is 10.3 Å². The number of aliphatic hydroxyl groups excluding tert-OH is 1. The zero-order valence-corrected chi connectivity index (χ0v) is 22.6. The standard InChI is InChI=1S/C22H27F4N4O7PS/c1-11(2)35-19(32)12(3)29-38(39,37-13-7-5-4-6-8-13)34-10-22(20(25)26)16(31)15(24)18(36-22)30-9-14(23)17(27)28-21(30)33/h4-9,11-12,15-16,18,20,31H,10H2,1-3H3,(H,29,39)(H2,27,28,33)/t12-,15-,16-,18+,22+,38?/m0/s1. The molecule has 2 heterocycles. The maximum Gasteiger partial charge on any atom is 0.351 e. The number of carbonyl (C=O) groups excluding carboxylic acids is 1. The van der Waals surface area contributed by atoms with Crippen LogP contribution in [0.25, 0.3) is 0 Å². The molecule has 0 bridgehead atoms. The average molecular weight is 599 g/mol. The van der Waals surface area contributed by atoms with Gasteiger partial charge < -0.3 is 29.4 Å². The van der Waals surface area contributed by atoms with E-state index < -0.39 is 79.2 Å². The first-order valence-corrected chi connectivity index (χ1v) is 14.1. The monoisotopic (exact) mass is 598 g/mol. The lowest BCUT2D eigenvalue weighted by Crippen LogP contribution is -2.52. The van der Waals surface area contributed by atoms with Crippen molar-refractivity contribution in [3.63, 3.8) is 0 Å². The summed E-state index contributed by atoms with van der Waals surface area (Å²) in [5.41, 5.74) is 0.816. The first-order chi connectivity index (χ1) is 18.2. The number of esters is 1. The molecular weight excluding hydrogens is 571 g/mol. The number of nitrogens with two attached hydrogens (primary N) is 1. The third-order valence-electron chi connectivity index (χ3n) is 5.48. The summed E-state index contributed by atoms with van der Waals surface area (Å²) in [5.74, 6) is -2.65. The number of alkyl halides is 3. The third kappa shape index (κ3) is 6.94. The van der Waals surface area contributed by atoms with Gasteiger partial charge >= 0.3 is 18.3 Å². The molecule has 1 aliphatic rings. The second-order valence-corrected chi connectivity index (χ2v) is 12.0. The molecule has 1 unspecified atom stereocenters. The van der Waals surface area contributed by atoms with Crippen molar-refractivity contribution >= 4 is 30.2 Å². The minimum atomic E-state index is -3.91. The number of nitrogen functional groups attached to an aromatic ring is 1. The Balaban J connectivity index is 1.92. The van der Waals surface area contributed by atoms with Crippen LogP contribution in [0.3, 0.4) is 0 Å². The molecule has 0 spiro atoms. The molecule has 216 valence electrons. The molecule has 1 aromatic heterocycles. The molecule has 17 heteroatoms. The second kappa shape index (κ2) is 12.3. The highest BCUT2D eigenvalue weighted by molar-refractivity contribution is 8.09. The number of aromatic nitrogens is 2. The van der Waals surface area contributed by atoms with E-state index in [0.717, 1.165) is 0 Å². The number of para-hydroxylation sites is 1. The molecule has 1 fully saturated rings. The van der Waals surface area contributed by atoms with Crippen molar-refractivity contribution in [3.8, 4) is 5.75 Å². The maximum atomic E-state index is 15.1. The van der Waals surface area contributed by atoms with Gasteiger partial charge in [-0.2, -0.15) is 4.98 Å². The number of halogens is 4. The molecule has 0 radical (unpaired) electrons. The van der Waals surface area contributed by atoms with E-state index in [1.54, 1.807) is 32.0 Å². The van der Waals surface area contributed by atoms with Gasteiger partial charge in [-0.05, 0) is 44.7 Å². The first-order valence-electron chi connectivity index (χ1n) is 11.5. The number of nitrogens with one attached hydrogen (secondary N) is 1. The Labute approximate surface area is 225 Å². The number of nitrogens with zero attached hydrogens (tertiary/aromatic N) is 2. The van der Waals surface area contributed by atoms with Crippen molar-refractivity contribution < 1.29 is 46.0 Å². The van der Waals surface area contributed by atoms with E-state index in [0.29, 0.717) is 6.20 Å². The molecule has 6 atom stereocenters. The molecule has 4 N–H and O–H groups in total. The number of hydrogen-bond donors (Lipinski definition) is 3. The van der Waals surface area contributed by atoms with Gasteiger partial charge in [-0.1, -0.05) is 18.2 Å². The molecule has 1 aromatic carbocycles. The quantitative estimate of drug-likeness (QED) is 0.199. The minimum absolute atomic E-state index is 0.146. The molecule has 2 aromatic rings. The summed E-state index contributed by atoms with van der Waals surface area (Å²) in [5, 5.41) is 13.1. The van der Waals surface area contributed by atoms with Gasteiger partial charge in [0.15, 0.2) is 29.6 Å². The van der Waals surface area contributed by atoms with E-state index in [2.05, 4.69) is 10.1 Å². The lowest BCUT2D eigenvalue weighted by atomic mass is 9.97. The highest BCUT2D eigenvalue weighted by Crippen LogP contribution is 2.49. The minimum Gasteiger partial charge on any atom is -0.462 e. The van der Waals surface area contributed by atoms with Crippen LogP contribution in [0.2, 0.25) is 0 Å². The smallest absolute Gasteiger partial charge is 0.351 e. The van der Waals surface area contributed by atoms with Crippen molar-refractivity contribution in [2.45, 2.75) is 63.4 Å². The SMILES string of the molecule is CC(C)OC(=O)[C@H](C)NP(=S)(OC[C@@]1(C(F)F)O[C@@H](n2cc(F)c(N)nc2=O)[C@@H](F)[C@@H]1O)Oc1ccccc1. The van der Waals surface area contributed by atoms with Crippen LogP contribution in [0.4, 0.5) is 23.4 Å². The largest absolute Gasteiger partial charge is 0.462 e. The van der Waals surface area contributed by atoms with Crippen LogP contribution in [0.1, 0.15) is 27.0 Å². The summed E-state index contributed by atoms with van der Waals surface area (Å²) in [7, 11) is 0. The molecule has 0 amide bonds. The average Bonchev–Trinajstić information content (AvgIpc) is 3.11. The predicted molar refractivity (Wildman–Crippen MR) is 134 cm³/mol. The normalized spacial score (nSPS) is 25.4. The van der Waals surface area contributed by atoms with Crippen LogP contribution < -0.4 is 21.0 Å². The lowest BCUT2D eigenvalue weighted by Gasteiger charge is -2.34. The van der Waals surface area contributed by atoms with Gasteiger partial charge in [0.2, 0.25) is 0 Å². The number of carbonyl (C=O) groups is 1. The molecule has 11 nitrogen and oxygen atoms in total. The van der Waals surface area contributed by atoms with Crippen molar-refractivity contribution in [2.24, 2.45) is 0 Å². The summed E-state index contributed by atoms with van der Waals surface area (Å²) in [6, 6.07) is 6.67. The second-order valence-electron chi connectivity index (χ2n) is 8.83. The zero-order valence-electron chi connectivity index (χ0n) is 20.9. The van der Waals surface area contributed by atoms with Crippen LogP contribution in [0.15, 0.2) is 41.3 Å². The summed E-state index contributed by atoms with van der Waals surface area (Å²) >= 11 is 5.45. The Morgan fingerprint density at radius 1 is 1.33 bits per heavy atom. The fraction of sp³-hybridized carbons (Fsp3) is 0.500. The van der Waals surface area contributed by atoms with Crippen LogP contribution in [0, 0.1) is 5.82 Å². The number of benzene rings is 1. The van der Waals surface area contributed by atoms with Crippen molar-refractivity contribution in [1.82, 2.24) is 14.6 Å². The summed E-state index contributed by atoms with van der Waals surface area (Å²) in [6.07, 6.45) is -11.1. The van der Waals surface area contributed by atoms with Crippen LogP contribution in [-0.2, 0) is 30.6 Å². The number of hydrogen-bond acceptors (Lipinski definition) is 10. The number of aliphatic hydroxyl groups is 1. The van der Waals surface area contributed by atoms with Gasteiger partial charge in [-0.15, -0.1) is 0 Å². The predicted octanol–water partition coefficient (Wildman–Crippen LogP) is 2.45. The Kier molecular flexibility index (Phi) is 9.73. The number of ether oxygens (including phenoxy) is 2. The van der Waals surface area contributed by atoms with Crippen molar-refractivity contribution in [2.75, 3.05) is 12.3 Å². The number of rotatable bonds is 11. The lowest BCUT2D eigenvalue weighted by molar-refractivity contribution is -0.192. The molecule has 0 aliphatic carbocycles. The van der Waals surface area contributed by atoms with Gasteiger partial charge in [-0.3, -0.25) is 9.36 Å². The summed E-state index contributed by atoms with van der Waals surface area (Å²) in [4.78, 5) is 27.7. The molecule has 3 rings (SSSR count). The van der Waals surface area contributed by atoms with Crippen LogP contribution in [-0.4, -0.2) is 63.7 Å². The fourth-order valence-corrected chi connectivity index (χ4v) is 5.94. The van der Waals surface area contributed by atoms with Crippen molar-refractivity contribution in [1.29, 1.82) is 0 Å². The maximum absolute atomic E-state index is 15.1. The third-order valence-corrected chi connectivity index (χ3v) is 7.96. The Hall–Kier alpha value is -2.62. The highest BCUT2D eigenvalue weighted by atomic mass is 32.5. The first kappa shape index (κ1) is 30.9. The molecule has 1 saturated heterocycles. The van der Waals surface area contributed by atoms with Gasteiger partial charge in [0, 0.05) is 0 Å². The van der Waals surface area contributed by atoms with Crippen LogP contribution >= 0.6 is 6.64 Å². The Morgan fingerprint density at radius 2 is 1.97 bits per heavy atom. The number of anilines is 1. The fourth-order valence-electron chi connectivity index (χ4n) is 3.52. The highest BCUT2D eigenvalue weighted by Gasteiger charge is 2.62. The topological polar surface area (TPSA) is 147 Å². The van der Waals surface area contributed by atoms with E-state index in [1.165, 1.54) is 19.1 Å². The summed E-state index contributed by atoms with van der Waals surface area (Å²) < 4.78 is 79.6. The molecule has 39 heavy (non-hydrogen) atoms. The van der Waals surface area contributed by atoms with Gasteiger partial charge in [0.25, 0.3) is 6.43 Å². The molecule has 1 aliphatic heterocycles. The zero-order chi connectivity index (χ0) is 29.1. The Morgan fingerprint density at radius 3 is 2.56 bits per heavy atom. The van der Waals surface area contributed by atoms with Gasteiger partial charge in [0.05, 0.1) is 18.9 Å². The van der Waals surface area contributed by atoms with E-state index in [9.17, 15) is 27.9 Å². The van der Waals surface area contributed by atoms with Crippen LogP contribution in [0.5, 0.6) is 5.75 Å². The van der Waals surface area contributed by atoms with Crippen molar-refractivity contribution in [3.05, 3.63) is 52.8 Å². The molecule has 0 saturated carbocycles. The van der Waals surface area contributed by atoms with E-state index in [4.69, 9.17) is 36.1 Å². The van der Waals surface area contributed by atoms with Gasteiger partial charge in [-0.25, -0.2) is 27.4 Å².